The van der Waals surface area contributed by atoms with Crippen molar-refractivity contribution in [1.29, 1.82) is 0 Å². The second kappa shape index (κ2) is 9.91. The Hall–Kier alpha value is -3.66. The molecule has 1 saturated heterocycles. The molecule has 3 heterocycles. The van der Waals surface area contributed by atoms with Crippen LogP contribution in [0.3, 0.4) is 0 Å². The van der Waals surface area contributed by atoms with Crippen LogP contribution in [0.25, 0.3) is 11.3 Å². The molecule has 1 atom stereocenters. The zero-order valence-corrected chi connectivity index (χ0v) is 20.3. The van der Waals surface area contributed by atoms with Crippen LogP contribution in [0, 0.1) is 11.3 Å². The Balaban J connectivity index is 1.44. The van der Waals surface area contributed by atoms with Crippen molar-refractivity contribution in [2.24, 2.45) is 17.1 Å². The van der Waals surface area contributed by atoms with E-state index in [1.54, 1.807) is 22.9 Å². The molecule has 1 aliphatic rings. The summed E-state index contributed by atoms with van der Waals surface area (Å²) < 4.78 is 12.3. The van der Waals surface area contributed by atoms with E-state index in [1.807, 2.05) is 12.1 Å². The number of primary amides is 1. The molecule has 0 aliphatic carbocycles. The van der Waals surface area contributed by atoms with E-state index in [2.05, 4.69) is 36.3 Å². The Bertz CT molecular complexity index is 1200. The molecule has 10 nitrogen and oxygen atoms in total. The molecule has 3 aromatic rings. The maximum Gasteiger partial charge on any atom is 0.254 e. The van der Waals surface area contributed by atoms with E-state index < -0.39 is 5.91 Å². The SMILES string of the molecule is CC(C)(C)Cc1cc(NC(=O)Cc2ccc(-c3nn(CC4CCOC4)c(N)c3C(N)=O)cc2)on1. The third-order valence-electron chi connectivity index (χ3n) is 5.82. The smallest absolute Gasteiger partial charge is 0.254 e. The molecular formula is C25H32N6O4. The lowest BCUT2D eigenvalue weighted by Crippen LogP contribution is -2.17. The molecule has 1 aromatic carbocycles. The molecule has 4 rings (SSSR count). The van der Waals surface area contributed by atoms with E-state index in [0.717, 1.165) is 24.1 Å². The van der Waals surface area contributed by atoms with Gasteiger partial charge in [-0.1, -0.05) is 50.2 Å². The van der Waals surface area contributed by atoms with E-state index in [1.165, 1.54) is 0 Å². The van der Waals surface area contributed by atoms with Crippen LogP contribution in [-0.2, 0) is 28.9 Å². The van der Waals surface area contributed by atoms with Gasteiger partial charge < -0.3 is 20.7 Å². The summed E-state index contributed by atoms with van der Waals surface area (Å²) in [4.78, 5) is 24.6. The van der Waals surface area contributed by atoms with Gasteiger partial charge in [-0.05, 0) is 23.8 Å². The van der Waals surface area contributed by atoms with Crippen molar-refractivity contribution in [3.05, 3.63) is 47.2 Å². The van der Waals surface area contributed by atoms with Gasteiger partial charge in [-0.2, -0.15) is 5.10 Å². The summed E-state index contributed by atoms with van der Waals surface area (Å²) in [5.74, 6) is 0.0149. The number of hydrogen-bond acceptors (Lipinski definition) is 7. The number of carbonyl (C=O) groups is 2. The highest BCUT2D eigenvalue weighted by molar-refractivity contribution is 6.03. The molecular weight excluding hydrogens is 448 g/mol. The van der Waals surface area contributed by atoms with Gasteiger partial charge in [0.1, 0.15) is 17.1 Å². The summed E-state index contributed by atoms with van der Waals surface area (Å²) in [6.07, 6.45) is 1.82. The van der Waals surface area contributed by atoms with Gasteiger partial charge >= 0.3 is 0 Å². The Labute approximate surface area is 204 Å². The molecule has 186 valence electrons. The molecule has 0 spiro atoms. The lowest BCUT2D eigenvalue weighted by molar-refractivity contribution is -0.115. The number of anilines is 2. The summed E-state index contributed by atoms with van der Waals surface area (Å²) in [5.41, 5.74) is 14.8. The molecule has 0 radical (unpaired) electrons. The van der Waals surface area contributed by atoms with Crippen LogP contribution in [0.15, 0.2) is 34.9 Å². The van der Waals surface area contributed by atoms with Crippen molar-refractivity contribution < 1.29 is 18.8 Å². The Morgan fingerprint density at radius 1 is 1.23 bits per heavy atom. The monoisotopic (exact) mass is 480 g/mol. The summed E-state index contributed by atoms with van der Waals surface area (Å²) >= 11 is 0. The highest BCUT2D eigenvalue weighted by Crippen LogP contribution is 2.29. The van der Waals surface area contributed by atoms with Crippen molar-refractivity contribution >= 4 is 23.5 Å². The van der Waals surface area contributed by atoms with Crippen molar-refractivity contribution in [3.8, 4) is 11.3 Å². The van der Waals surface area contributed by atoms with Crippen LogP contribution in [0.1, 0.15) is 48.8 Å². The number of nitrogens with two attached hydrogens (primary N) is 2. The average molecular weight is 481 g/mol. The van der Waals surface area contributed by atoms with Gasteiger partial charge in [0.25, 0.3) is 5.91 Å². The fraction of sp³-hybridized carbons (Fsp3) is 0.440. The molecule has 1 aliphatic heterocycles. The third kappa shape index (κ3) is 6.07. The third-order valence-corrected chi connectivity index (χ3v) is 5.82. The van der Waals surface area contributed by atoms with E-state index in [9.17, 15) is 9.59 Å². The molecule has 1 unspecified atom stereocenters. The van der Waals surface area contributed by atoms with Crippen molar-refractivity contribution in [2.45, 2.75) is 46.6 Å². The first-order valence-electron chi connectivity index (χ1n) is 11.7. The number of nitrogens with one attached hydrogen (secondary N) is 1. The van der Waals surface area contributed by atoms with E-state index in [-0.39, 0.29) is 29.1 Å². The van der Waals surface area contributed by atoms with Crippen molar-refractivity contribution in [1.82, 2.24) is 14.9 Å². The standard InChI is InChI=1S/C25H32N6O4/c1-25(2,3)12-18-11-20(35-30-18)28-19(32)10-15-4-6-17(7-5-15)22-21(24(27)33)23(26)31(29-22)13-16-8-9-34-14-16/h4-7,11,16H,8-10,12-14,26H2,1-3H3,(H2,27,33)(H,28,32). The first-order chi connectivity index (χ1) is 16.6. The van der Waals surface area contributed by atoms with E-state index in [0.29, 0.717) is 42.8 Å². The van der Waals surface area contributed by atoms with Gasteiger partial charge in [-0.25, -0.2) is 4.68 Å². The lowest BCUT2D eigenvalue weighted by Gasteiger charge is -2.14. The van der Waals surface area contributed by atoms with Crippen molar-refractivity contribution in [2.75, 3.05) is 24.3 Å². The summed E-state index contributed by atoms with van der Waals surface area (Å²) in [5, 5.41) is 11.3. The molecule has 35 heavy (non-hydrogen) atoms. The molecule has 2 aromatic heterocycles. The van der Waals surface area contributed by atoms with Gasteiger partial charge in [0, 0.05) is 30.7 Å². The Kier molecular flexibility index (Phi) is 6.93. The number of hydrogen-bond donors (Lipinski definition) is 3. The van der Waals surface area contributed by atoms with Gasteiger partial charge in [0.2, 0.25) is 11.8 Å². The van der Waals surface area contributed by atoms with Crippen LogP contribution in [0.2, 0.25) is 0 Å². The zero-order valence-electron chi connectivity index (χ0n) is 20.3. The lowest BCUT2D eigenvalue weighted by atomic mass is 9.91. The van der Waals surface area contributed by atoms with Gasteiger partial charge in [0.05, 0.1) is 18.7 Å². The summed E-state index contributed by atoms with van der Waals surface area (Å²) in [6, 6.07) is 8.97. The predicted octanol–water partition coefficient (Wildman–Crippen LogP) is 3.03. The second-order valence-electron chi connectivity index (χ2n) is 10.2. The highest BCUT2D eigenvalue weighted by atomic mass is 16.5. The van der Waals surface area contributed by atoms with Crippen LogP contribution in [-0.4, -0.2) is 40.0 Å². The topological polar surface area (TPSA) is 151 Å². The quantitative estimate of drug-likeness (QED) is 0.448. The highest BCUT2D eigenvalue weighted by Gasteiger charge is 2.24. The number of benzene rings is 1. The van der Waals surface area contributed by atoms with Gasteiger partial charge in [-0.3, -0.25) is 14.9 Å². The number of ether oxygens (including phenoxy) is 1. The largest absolute Gasteiger partial charge is 0.383 e. The number of carbonyl (C=O) groups excluding carboxylic acids is 2. The minimum Gasteiger partial charge on any atom is -0.383 e. The minimum atomic E-state index is -0.632. The Morgan fingerprint density at radius 3 is 2.60 bits per heavy atom. The normalized spacial score (nSPS) is 15.9. The van der Waals surface area contributed by atoms with Crippen molar-refractivity contribution in [3.63, 3.8) is 0 Å². The zero-order chi connectivity index (χ0) is 25.2. The number of nitrogen functional groups attached to an aromatic ring is 1. The van der Waals surface area contributed by atoms with Crippen LogP contribution < -0.4 is 16.8 Å². The van der Waals surface area contributed by atoms with Crippen LogP contribution in [0.4, 0.5) is 11.7 Å². The first-order valence-corrected chi connectivity index (χ1v) is 11.7. The summed E-state index contributed by atoms with van der Waals surface area (Å²) in [6.45, 7) is 8.25. The number of nitrogens with zero attached hydrogens (tertiary/aromatic N) is 3. The molecule has 10 heteroatoms. The Morgan fingerprint density at radius 2 is 1.97 bits per heavy atom. The molecule has 0 bridgehead atoms. The van der Waals surface area contributed by atoms with Crippen LogP contribution >= 0.6 is 0 Å². The number of amides is 2. The number of aromatic nitrogens is 3. The second-order valence-corrected chi connectivity index (χ2v) is 10.2. The molecule has 1 fully saturated rings. The molecule has 2 amide bonds. The van der Waals surface area contributed by atoms with Gasteiger partial charge in [0.15, 0.2) is 0 Å². The summed E-state index contributed by atoms with van der Waals surface area (Å²) in [7, 11) is 0. The van der Waals surface area contributed by atoms with Gasteiger partial charge in [-0.15, -0.1) is 0 Å². The number of rotatable bonds is 8. The molecule has 0 saturated carbocycles. The van der Waals surface area contributed by atoms with E-state index >= 15 is 0 Å². The van der Waals surface area contributed by atoms with Crippen LogP contribution in [0.5, 0.6) is 0 Å². The maximum atomic E-state index is 12.5. The fourth-order valence-electron chi connectivity index (χ4n) is 4.18. The average Bonchev–Trinajstić information content (AvgIpc) is 3.50. The first kappa shape index (κ1) is 24.5. The van der Waals surface area contributed by atoms with E-state index in [4.69, 9.17) is 20.7 Å². The fourth-order valence-corrected chi connectivity index (χ4v) is 4.18. The minimum absolute atomic E-state index is 0.0691. The molecule has 5 N–H and O–H groups in total. The maximum absolute atomic E-state index is 12.5. The predicted molar refractivity (Wildman–Crippen MR) is 132 cm³/mol.